The predicted octanol–water partition coefficient (Wildman–Crippen LogP) is 1.89. The van der Waals surface area contributed by atoms with Gasteiger partial charge in [-0.2, -0.15) is 0 Å². The second-order valence-electron chi connectivity index (χ2n) is 2.29. The lowest BCUT2D eigenvalue weighted by atomic mass is 10.2. The molecule has 0 aromatic carbocycles. The number of rotatable bonds is 3. The van der Waals surface area contributed by atoms with Gasteiger partial charge in [-0.1, -0.05) is 0 Å². The smallest absolute Gasteiger partial charge is 0.0449 e. The third-order valence-electron chi connectivity index (χ3n) is 1.39. The van der Waals surface area contributed by atoms with Gasteiger partial charge in [0, 0.05) is 27.4 Å². The molecule has 0 radical (unpaired) electrons. The Labute approximate surface area is 78.2 Å². The summed E-state index contributed by atoms with van der Waals surface area (Å²) in [6, 6.07) is 1.97. The van der Waals surface area contributed by atoms with E-state index in [-0.39, 0.29) is 12.6 Å². The molecule has 0 spiro atoms. The highest BCUT2D eigenvalue weighted by molar-refractivity contribution is 9.10. The molecule has 11 heavy (non-hydrogen) atoms. The minimum Gasteiger partial charge on any atom is -0.396 e. The van der Waals surface area contributed by atoms with E-state index < -0.39 is 0 Å². The van der Waals surface area contributed by atoms with Gasteiger partial charge in [-0.15, -0.1) is 11.3 Å². The van der Waals surface area contributed by atoms with Crippen molar-refractivity contribution in [2.24, 2.45) is 5.73 Å². The van der Waals surface area contributed by atoms with Crippen molar-refractivity contribution in [3.05, 3.63) is 20.8 Å². The van der Waals surface area contributed by atoms with Crippen molar-refractivity contribution in [1.29, 1.82) is 0 Å². The van der Waals surface area contributed by atoms with Gasteiger partial charge >= 0.3 is 0 Å². The van der Waals surface area contributed by atoms with E-state index in [4.69, 9.17) is 10.8 Å². The molecular formula is C7H10BrNOS. The Bertz CT molecular complexity index is 226. The maximum absolute atomic E-state index is 8.62. The van der Waals surface area contributed by atoms with E-state index in [0.717, 1.165) is 9.35 Å². The Morgan fingerprint density at radius 3 is 2.91 bits per heavy atom. The highest BCUT2D eigenvalue weighted by atomic mass is 79.9. The Hall–Kier alpha value is 0.1000. The van der Waals surface area contributed by atoms with E-state index in [9.17, 15) is 0 Å². The van der Waals surface area contributed by atoms with Crippen LogP contribution in [0.3, 0.4) is 0 Å². The zero-order chi connectivity index (χ0) is 8.27. The number of hydrogen-bond acceptors (Lipinski definition) is 3. The third-order valence-corrected chi connectivity index (χ3v) is 3.22. The molecule has 3 N–H and O–H groups in total. The third kappa shape index (κ3) is 2.56. The molecule has 0 aliphatic carbocycles. The largest absolute Gasteiger partial charge is 0.396 e. The summed E-state index contributed by atoms with van der Waals surface area (Å²) in [5, 5.41) is 10.6. The Balaban J connectivity index is 2.60. The number of nitrogens with two attached hydrogens (primary N) is 1. The fraction of sp³-hybridized carbons (Fsp3) is 0.429. The summed E-state index contributed by atoms with van der Waals surface area (Å²) in [6.45, 7) is 0.149. The minimum absolute atomic E-state index is 0.0173. The Morgan fingerprint density at radius 2 is 2.45 bits per heavy atom. The molecule has 0 fully saturated rings. The molecular weight excluding hydrogens is 226 g/mol. The van der Waals surface area contributed by atoms with Gasteiger partial charge in [0.2, 0.25) is 0 Å². The van der Waals surface area contributed by atoms with Crippen LogP contribution in [0.5, 0.6) is 0 Å². The van der Waals surface area contributed by atoms with Gasteiger partial charge in [0.05, 0.1) is 0 Å². The minimum atomic E-state index is -0.0173. The van der Waals surface area contributed by atoms with E-state index in [1.165, 1.54) is 0 Å². The van der Waals surface area contributed by atoms with Crippen molar-refractivity contribution < 1.29 is 5.11 Å². The molecule has 4 heteroatoms. The molecule has 0 aliphatic rings. The van der Waals surface area contributed by atoms with Gasteiger partial charge in [-0.3, -0.25) is 0 Å². The fourth-order valence-corrected chi connectivity index (χ4v) is 2.29. The van der Waals surface area contributed by atoms with Crippen LogP contribution in [-0.4, -0.2) is 11.7 Å². The summed E-state index contributed by atoms with van der Waals surface area (Å²) in [4.78, 5) is 1.12. The number of thiophene rings is 1. The summed E-state index contributed by atoms with van der Waals surface area (Å²) in [6.07, 6.45) is 0.632. The SMILES string of the molecule is N[C@@H](CCO)c1cc(Br)cs1. The van der Waals surface area contributed by atoms with Gasteiger partial charge in [-0.05, 0) is 28.4 Å². The first-order chi connectivity index (χ1) is 5.24. The fourth-order valence-electron chi connectivity index (χ4n) is 0.804. The molecule has 0 unspecified atom stereocenters. The van der Waals surface area contributed by atoms with Gasteiger partial charge in [-0.25, -0.2) is 0 Å². The van der Waals surface area contributed by atoms with Crippen molar-refractivity contribution in [3.63, 3.8) is 0 Å². The zero-order valence-electron chi connectivity index (χ0n) is 5.96. The molecule has 1 aromatic rings. The molecule has 1 heterocycles. The molecule has 2 nitrogen and oxygen atoms in total. The number of aliphatic hydroxyl groups excluding tert-OH is 1. The second-order valence-corrected chi connectivity index (χ2v) is 4.14. The normalized spacial score (nSPS) is 13.4. The summed E-state index contributed by atoms with van der Waals surface area (Å²) in [5.41, 5.74) is 5.75. The molecule has 1 atom stereocenters. The second kappa shape index (κ2) is 4.21. The standard InChI is InChI=1S/C7H10BrNOS/c8-5-3-7(11-4-5)6(9)1-2-10/h3-4,6,10H,1-2,9H2/t6-/m0/s1. The highest BCUT2D eigenvalue weighted by Gasteiger charge is 2.06. The molecule has 0 saturated carbocycles. The van der Waals surface area contributed by atoms with Crippen LogP contribution in [-0.2, 0) is 0 Å². The van der Waals surface area contributed by atoms with Crippen molar-refractivity contribution in [2.45, 2.75) is 12.5 Å². The molecule has 62 valence electrons. The molecule has 1 aromatic heterocycles. The predicted molar refractivity (Wildman–Crippen MR) is 50.7 cm³/mol. The first kappa shape index (κ1) is 9.19. The highest BCUT2D eigenvalue weighted by Crippen LogP contribution is 2.25. The first-order valence-electron chi connectivity index (χ1n) is 3.34. The van der Waals surface area contributed by atoms with E-state index >= 15 is 0 Å². The molecule has 0 aliphatic heterocycles. The van der Waals surface area contributed by atoms with Crippen LogP contribution in [0.4, 0.5) is 0 Å². The van der Waals surface area contributed by atoms with Gasteiger partial charge in [0.15, 0.2) is 0 Å². The van der Waals surface area contributed by atoms with E-state index in [1.54, 1.807) is 11.3 Å². The lowest BCUT2D eigenvalue weighted by Crippen LogP contribution is -2.09. The average molecular weight is 236 g/mol. The van der Waals surface area contributed by atoms with Gasteiger partial charge < -0.3 is 10.8 Å². The lowest BCUT2D eigenvalue weighted by Gasteiger charge is -2.05. The van der Waals surface area contributed by atoms with Crippen molar-refractivity contribution in [2.75, 3.05) is 6.61 Å². The molecule has 1 rings (SSSR count). The van der Waals surface area contributed by atoms with Crippen molar-refractivity contribution >= 4 is 27.3 Å². The number of aliphatic hydroxyl groups is 1. The van der Waals surface area contributed by atoms with E-state index in [2.05, 4.69) is 15.9 Å². The van der Waals surface area contributed by atoms with Crippen LogP contribution < -0.4 is 5.73 Å². The van der Waals surface area contributed by atoms with Crippen LogP contribution in [0.25, 0.3) is 0 Å². The zero-order valence-corrected chi connectivity index (χ0v) is 8.36. The van der Waals surface area contributed by atoms with Crippen LogP contribution in [0.1, 0.15) is 17.3 Å². The summed E-state index contributed by atoms with van der Waals surface area (Å²) < 4.78 is 1.06. The van der Waals surface area contributed by atoms with Crippen LogP contribution in [0.15, 0.2) is 15.9 Å². The van der Waals surface area contributed by atoms with Gasteiger partial charge in [0.25, 0.3) is 0 Å². The lowest BCUT2D eigenvalue weighted by molar-refractivity contribution is 0.277. The summed E-state index contributed by atoms with van der Waals surface area (Å²) >= 11 is 4.96. The van der Waals surface area contributed by atoms with Crippen LogP contribution >= 0.6 is 27.3 Å². The number of halogens is 1. The molecule has 0 amide bonds. The average Bonchev–Trinajstić information content (AvgIpc) is 2.36. The quantitative estimate of drug-likeness (QED) is 0.841. The van der Waals surface area contributed by atoms with E-state index in [1.807, 2.05) is 11.4 Å². The van der Waals surface area contributed by atoms with Crippen molar-refractivity contribution in [1.82, 2.24) is 0 Å². The monoisotopic (exact) mass is 235 g/mol. The molecule has 0 bridgehead atoms. The maximum atomic E-state index is 8.62. The first-order valence-corrected chi connectivity index (χ1v) is 5.01. The topological polar surface area (TPSA) is 46.2 Å². The van der Waals surface area contributed by atoms with Crippen LogP contribution in [0.2, 0.25) is 0 Å². The van der Waals surface area contributed by atoms with Crippen molar-refractivity contribution in [3.8, 4) is 0 Å². The van der Waals surface area contributed by atoms with E-state index in [0.29, 0.717) is 6.42 Å². The summed E-state index contributed by atoms with van der Waals surface area (Å²) in [7, 11) is 0. The van der Waals surface area contributed by atoms with Crippen LogP contribution in [0, 0.1) is 0 Å². The Morgan fingerprint density at radius 1 is 1.73 bits per heavy atom. The Kier molecular flexibility index (Phi) is 3.51. The number of hydrogen-bond donors (Lipinski definition) is 2. The molecule has 0 saturated heterocycles. The maximum Gasteiger partial charge on any atom is 0.0449 e. The summed E-state index contributed by atoms with van der Waals surface area (Å²) in [5.74, 6) is 0. The van der Waals surface area contributed by atoms with Gasteiger partial charge in [0.1, 0.15) is 0 Å².